The van der Waals surface area contributed by atoms with Crippen molar-refractivity contribution in [2.24, 2.45) is 0 Å². The van der Waals surface area contributed by atoms with E-state index in [4.69, 9.17) is 4.74 Å². The lowest BCUT2D eigenvalue weighted by molar-refractivity contribution is 0.0585. The quantitative estimate of drug-likeness (QED) is 0.870. The summed E-state index contributed by atoms with van der Waals surface area (Å²) in [7, 11) is 0. The normalized spacial score (nSPS) is 15.4. The monoisotopic (exact) mass is 325 g/mol. The van der Waals surface area contributed by atoms with E-state index < -0.39 is 0 Å². The Balaban J connectivity index is 1.58. The van der Waals surface area contributed by atoms with E-state index in [-0.39, 0.29) is 12.0 Å². The minimum absolute atomic E-state index is 0.0882. The van der Waals surface area contributed by atoms with Gasteiger partial charge >= 0.3 is 0 Å². The maximum atomic E-state index is 12.7. The number of hydrogen-bond donors (Lipinski definition) is 0. The highest BCUT2D eigenvalue weighted by molar-refractivity contribution is 5.94. The molecule has 1 aliphatic heterocycles. The summed E-state index contributed by atoms with van der Waals surface area (Å²) < 4.78 is 5.87. The number of hydrogen-bond acceptors (Lipinski definition) is 4. The first-order valence-corrected chi connectivity index (χ1v) is 8.36. The molecule has 0 bridgehead atoms. The van der Waals surface area contributed by atoms with Crippen LogP contribution in [0.5, 0.6) is 5.88 Å². The van der Waals surface area contributed by atoms with Crippen LogP contribution in [0.3, 0.4) is 0 Å². The number of piperidine rings is 1. The van der Waals surface area contributed by atoms with Gasteiger partial charge in [-0.25, -0.2) is 0 Å². The number of likely N-dealkylation sites (tertiary alicyclic amines) is 1. The second kappa shape index (κ2) is 6.99. The van der Waals surface area contributed by atoms with Gasteiger partial charge < -0.3 is 9.64 Å². The van der Waals surface area contributed by atoms with Gasteiger partial charge in [-0.15, -0.1) is 5.10 Å². The number of rotatable bonds is 3. The maximum Gasteiger partial charge on any atom is 0.253 e. The molecule has 1 amide bonds. The highest BCUT2D eigenvalue weighted by atomic mass is 16.5. The summed E-state index contributed by atoms with van der Waals surface area (Å²) in [5.41, 5.74) is 3.89. The fourth-order valence-electron chi connectivity index (χ4n) is 3.08. The van der Waals surface area contributed by atoms with Gasteiger partial charge in [0.1, 0.15) is 6.10 Å². The van der Waals surface area contributed by atoms with E-state index in [9.17, 15) is 4.79 Å². The van der Waals surface area contributed by atoms with Crippen LogP contribution in [-0.2, 0) is 0 Å². The number of aryl methyl sites for hydroxylation is 3. The number of carbonyl (C=O) groups excluding carboxylic acids is 1. The van der Waals surface area contributed by atoms with Crippen molar-refractivity contribution in [3.05, 3.63) is 52.7 Å². The van der Waals surface area contributed by atoms with Gasteiger partial charge in [-0.1, -0.05) is 17.2 Å². The summed E-state index contributed by atoms with van der Waals surface area (Å²) in [6.07, 6.45) is 1.71. The molecule has 0 saturated carbocycles. The summed E-state index contributed by atoms with van der Waals surface area (Å²) in [5.74, 6) is 0.662. The van der Waals surface area contributed by atoms with Crippen molar-refractivity contribution in [2.45, 2.75) is 39.7 Å². The predicted molar refractivity (Wildman–Crippen MR) is 92.2 cm³/mol. The van der Waals surface area contributed by atoms with Gasteiger partial charge in [0.05, 0.1) is 5.69 Å². The third-order valence-corrected chi connectivity index (χ3v) is 4.26. The first-order chi connectivity index (χ1) is 11.5. The lowest BCUT2D eigenvalue weighted by atomic mass is 10.0. The maximum absolute atomic E-state index is 12.7. The molecule has 0 atom stereocenters. The molecular formula is C19H23N3O2. The molecule has 2 aromatic rings. The van der Waals surface area contributed by atoms with Crippen molar-refractivity contribution in [2.75, 3.05) is 13.1 Å². The van der Waals surface area contributed by atoms with Crippen molar-refractivity contribution >= 4 is 5.91 Å². The molecule has 1 aliphatic rings. The van der Waals surface area contributed by atoms with Crippen LogP contribution in [0.2, 0.25) is 0 Å². The Bertz CT molecular complexity index is 700. The lowest BCUT2D eigenvalue weighted by Crippen LogP contribution is -2.41. The van der Waals surface area contributed by atoms with E-state index in [0.29, 0.717) is 19.0 Å². The largest absolute Gasteiger partial charge is 0.473 e. The molecule has 0 N–H and O–H groups in total. The van der Waals surface area contributed by atoms with Crippen molar-refractivity contribution in [1.29, 1.82) is 0 Å². The van der Waals surface area contributed by atoms with Gasteiger partial charge in [0.2, 0.25) is 5.88 Å². The molecule has 1 aromatic carbocycles. The minimum Gasteiger partial charge on any atom is -0.473 e. The number of benzene rings is 1. The SMILES string of the molecule is Cc1cc(C)cc(C(=O)N2CCC(Oc3ccc(C)nn3)CC2)c1. The van der Waals surface area contributed by atoms with E-state index in [1.165, 1.54) is 0 Å². The molecule has 5 heteroatoms. The number of amides is 1. The molecule has 0 aliphatic carbocycles. The van der Waals surface area contributed by atoms with Gasteiger partial charge in [0, 0.05) is 37.6 Å². The Kier molecular flexibility index (Phi) is 4.79. The third kappa shape index (κ3) is 3.91. The Morgan fingerprint density at radius 3 is 2.29 bits per heavy atom. The molecule has 3 rings (SSSR count). The van der Waals surface area contributed by atoms with Crippen molar-refractivity contribution < 1.29 is 9.53 Å². The number of ether oxygens (including phenoxy) is 1. The molecule has 0 radical (unpaired) electrons. The molecular weight excluding hydrogens is 302 g/mol. The van der Waals surface area contributed by atoms with Gasteiger partial charge in [-0.05, 0) is 39.0 Å². The summed E-state index contributed by atoms with van der Waals surface area (Å²) in [6, 6.07) is 9.73. The lowest BCUT2D eigenvalue weighted by Gasteiger charge is -2.32. The molecule has 1 fully saturated rings. The van der Waals surface area contributed by atoms with Crippen LogP contribution < -0.4 is 4.74 Å². The van der Waals surface area contributed by atoms with E-state index in [1.807, 2.05) is 49.9 Å². The Morgan fingerprint density at radius 2 is 1.71 bits per heavy atom. The van der Waals surface area contributed by atoms with E-state index in [2.05, 4.69) is 16.3 Å². The number of nitrogens with zero attached hydrogens (tertiary/aromatic N) is 3. The third-order valence-electron chi connectivity index (χ3n) is 4.26. The van der Waals surface area contributed by atoms with Crippen LogP contribution in [-0.4, -0.2) is 40.2 Å². The number of carbonyl (C=O) groups is 1. The van der Waals surface area contributed by atoms with Crippen LogP contribution in [0, 0.1) is 20.8 Å². The van der Waals surface area contributed by atoms with Gasteiger partial charge in [0.15, 0.2) is 0 Å². The zero-order valence-electron chi connectivity index (χ0n) is 14.5. The zero-order valence-corrected chi connectivity index (χ0v) is 14.5. The second-order valence-electron chi connectivity index (χ2n) is 6.50. The molecule has 1 saturated heterocycles. The van der Waals surface area contributed by atoms with Crippen LogP contribution in [0.4, 0.5) is 0 Å². The highest BCUT2D eigenvalue weighted by Gasteiger charge is 2.25. The zero-order chi connectivity index (χ0) is 17.1. The molecule has 2 heterocycles. The van der Waals surface area contributed by atoms with Crippen LogP contribution >= 0.6 is 0 Å². The van der Waals surface area contributed by atoms with Crippen molar-refractivity contribution in [3.8, 4) is 5.88 Å². The first-order valence-electron chi connectivity index (χ1n) is 8.36. The summed E-state index contributed by atoms with van der Waals surface area (Å²) >= 11 is 0. The first kappa shape index (κ1) is 16.4. The summed E-state index contributed by atoms with van der Waals surface area (Å²) in [5, 5.41) is 8.05. The molecule has 126 valence electrons. The summed E-state index contributed by atoms with van der Waals surface area (Å²) in [6.45, 7) is 7.35. The van der Waals surface area contributed by atoms with E-state index in [0.717, 1.165) is 35.2 Å². The van der Waals surface area contributed by atoms with Gasteiger partial charge in [-0.2, -0.15) is 5.10 Å². The molecule has 24 heavy (non-hydrogen) atoms. The molecule has 0 spiro atoms. The van der Waals surface area contributed by atoms with Gasteiger partial charge in [0.25, 0.3) is 5.91 Å². The van der Waals surface area contributed by atoms with Crippen molar-refractivity contribution in [1.82, 2.24) is 15.1 Å². The summed E-state index contributed by atoms with van der Waals surface area (Å²) in [4.78, 5) is 14.6. The standard InChI is InChI=1S/C19H23N3O2/c1-13-10-14(2)12-16(11-13)19(23)22-8-6-17(7-9-22)24-18-5-4-15(3)20-21-18/h4-5,10-12,17H,6-9H2,1-3H3. The fourth-order valence-corrected chi connectivity index (χ4v) is 3.08. The second-order valence-corrected chi connectivity index (χ2v) is 6.50. The van der Waals surface area contributed by atoms with Crippen LogP contribution in [0.15, 0.2) is 30.3 Å². The Hall–Kier alpha value is -2.43. The predicted octanol–water partition coefficient (Wildman–Crippen LogP) is 3.09. The number of aromatic nitrogens is 2. The minimum atomic E-state index is 0.0882. The molecule has 5 nitrogen and oxygen atoms in total. The Morgan fingerprint density at radius 1 is 1.04 bits per heavy atom. The van der Waals surface area contributed by atoms with Crippen LogP contribution in [0.25, 0.3) is 0 Å². The average Bonchev–Trinajstić information content (AvgIpc) is 2.56. The van der Waals surface area contributed by atoms with E-state index in [1.54, 1.807) is 0 Å². The van der Waals surface area contributed by atoms with E-state index >= 15 is 0 Å². The Labute approximate surface area is 142 Å². The smallest absolute Gasteiger partial charge is 0.253 e. The highest BCUT2D eigenvalue weighted by Crippen LogP contribution is 2.19. The molecule has 0 unspecified atom stereocenters. The van der Waals surface area contributed by atoms with Crippen LogP contribution in [0.1, 0.15) is 40.0 Å². The van der Waals surface area contributed by atoms with Crippen molar-refractivity contribution in [3.63, 3.8) is 0 Å². The fraction of sp³-hybridized carbons (Fsp3) is 0.421. The van der Waals surface area contributed by atoms with Gasteiger partial charge in [-0.3, -0.25) is 4.79 Å². The average molecular weight is 325 g/mol. The molecule has 1 aromatic heterocycles. The topological polar surface area (TPSA) is 55.3 Å².